The fourth-order valence-corrected chi connectivity index (χ4v) is 3.15. The number of hydrogen-bond donors (Lipinski definition) is 3. The van der Waals surface area contributed by atoms with Gasteiger partial charge in [-0.3, -0.25) is 10.2 Å². The first kappa shape index (κ1) is 17.9. The monoisotopic (exact) mass is 368 g/mol. The molecule has 0 radical (unpaired) electrons. The van der Waals surface area contributed by atoms with Gasteiger partial charge in [0.1, 0.15) is 5.54 Å². The van der Waals surface area contributed by atoms with Crippen LogP contribution in [0.25, 0.3) is 0 Å². The van der Waals surface area contributed by atoms with Crippen molar-refractivity contribution in [2.24, 2.45) is 0 Å². The summed E-state index contributed by atoms with van der Waals surface area (Å²) in [6, 6.07) is 16.3. The van der Waals surface area contributed by atoms with E-state index in [2.05, 4.69) is 16.1 Å². The van der Waals surface area contributed by atoms with E-state index in [1.54, 1.807) is 0 Å². The normalized spacial score (nSPS) is 19.2. The third kappa shape index (κ3) is 3.25. The number of benzene rings is 2. The first-order valence-electron chi connectivity index (χ1n) is 8.33. The first-order chi connectivity index (χ1) is 12.5. The second-order valence-corrected chi connectivity index (χ2v) is 6.54. The summed E-state index contributed by atoms with van der Waals surface area (Å²) >= 11 is 5.24. The Morgan fingerprint density at radius 2 is 1.77 bits per heavy atom. The van der Waals surface area contributed by atoms with Gasteiger partial charge < -0.3 is 10.6 Å². The zero-order valence-electron chi connectivity index (χ0n) is 14.6. The summed E-state index contributed by atoms with van der Waals surface area (Å²) in [5.41, 5.74) is 4.23. The average Bonchev–Trinajstić information content (AvgIpc) is 2.89. The molecule has 3 N–H and O–H groups in total. The topological polar surface area (TPSA) is 73.5 Å². The van der Waals surface area contributed by atoms with Gasteiger partial charge in [0.15, 0.2) is 5.11 Å². The molecule has 2 aromatic carbocycles. The number of aryl methyl sites for hydroxylation is 1. The number of rotatable bonds is 4. The van der Waals surface area contributed by atoms with Crippen molar-refractivity contribution in [2.75, 3.05) is 5.32 Å². The number of carbonyl (C=O) groups excluding carboxylic acids is 2. The van der Waals surface area contributed by atoms with Gasteiger partial charge in [-0.1, -0.05) is 55.0 Å². The van der Waals surface area contributed by atoms with E-state index in [1.165, 1.54) is 0 Å². The number of amides is 3. The molecule has 3 amide bonds. The minimum Gasteiger partial charge on any atom is -0.331 e. The third-order valence-electron chi connectivity index (χ3n) is 4.41. The Labute approximate surface area is 157 Å². The molecule has 1 atom stereocenters. The van der Waals surface area contributed by atoms with Gasteiger partial charge in [0.25, 0.3) is 5.91 Å². The van der Waals surface area contributed by atoms with Crippen molar-refractivity contribution in [1.82, 2.24) is 15.8 Å². The Bertz CT molecular complexity index is 838. The lowest BCUT2D eigenvalue weighted by Gasteiger charge is -2.25. The Morgan fingerprint density at radius 1 is 1.12 bits per heavy atom. The van der Waals surface area contributed by atoms with E-state index in [9.17, 15) is 9.59 Å². The molecule has 0 saturated carbocycles. The average molecular weight is 368 g/mol. The molecular formula is C19H20N4O2S. The lowest BCUT2D eigenvalue weighted by molar-refractivity contribution is -0.133. The maximum absolute atomic E-state index is 13.0. The van der Waals surface area contributed by atoms with Gasteiger partial charge >= 0.3 is 6.03 Å². The lowest BCUT2D eigenvalue weighted by atomic mass is 9.87. The first-order valence-corrected chi connectivity index (χ1v) is 8.73. The van der Waals surface area contributed by atoms with Crippen LogP contribution >= 0.6 is 12.2 Å². The summed E-state index contributed by atoms with van der Waals surface area (Å²) in [5.74, 6) is -0.385. The minimum absolute atomic E-state index is 0.164. The fraction of sp³-hybridized carbons (Fsp3) is 0.211. The van der Waals surface area contributed by atoms with Crippen LogP contribution in [0.1, 0.15) is 24.5 Å². The predicted octanol–water partition coefficient (Wildman–Crippen LogP) is 3.05. The Hall–Kier alpha value is -2.93. The van der Waals surface area contributed by atoms with Gasteiger partial charge in [0, 0.05) is 5.69 Å². The summed E-state index contributed by atoms with van der Waals surface area (Å²) in [4.78, 5) is 25.4. The zero-order chi connectivity index (χ0) is 18.7. The number of nitrogens with zero attached hydrogens (tertiary/aromatic N) is 1. The van der Waals surface area contributed by atoms with E-state index in [0.717, 1.165) is 21.8 Å². The van der Waals surface area contributed by atoms with Crippen LogP contribution in [0.5, 0.6) is 0 Å². The van der Waals surface area contributed by atoms with Crippen molar-refractivity contribution in [3.8, 4) is 0 Å². The summed E-state index contributed by atoms with van der Waals surface area (Å²) in [7, 11) is 0. The van der Waals surface area contributed by atoms with Crippen LogP contribution in [0.3, 0.4) is 0 Å². The van der Waals surface area contributed by atoms with Crippen molar-refractivity contribution < 1.29 is 9.59 Å². The van der Waals surface area contributed by atoms with Crippen LogP contribution in [-0.2, 0) is 10.3 Å². The third-order valence-corrected chi connectivity index (χ3v) is 4.60. The molecule has 26 heavy (non-hydrogen) atoms. The molecule has 0 bridgehead atoms. The SMILES string of the molecule is CC[C@@]1(c2ccccc2)NC(=O)N(NC(=S)Nc2ccc(C)cc2)C1=O. The molecule has 1 aliphatic rings. The van der Waals surface area contributed by atoms with Crippen LogP contribution in [0, 0.1) is 6.92 Å². The summed E-state index contributed by atoms with van der Waals surface area (Å²) in [6.45, 7) is 3.85. The Morgan fingerprint density at radius 3 is 2.38 bits per heavy atom. The molecule has 0 spiro atoms. The molecular weight excluding hydrogens is 348 g/mol. The van der Waals surface area contributed by atoms with Crippen LogP contribution < -0.4 is 16.1 Å². The molecule has 0 aliphatic carbocycles. The van der Waals surface area contributed by atoms with E-state index >= 15 is 0 Å². The fourth-order valence-electron chi connectivity index (χ4n) is 2.94. The number of imide groups is 1. The van der Waals surface area contributed by atoms with Crippen molar-refractivity contribution >= 4 is 35.0 Å². The molecule has 1 fully saturated rings. The highest BCUT2D eigenvalue weighted by atomic mass is 32.1. The summed E-state index contributed by atoms with van der Waals surface area (Å²) in [5, 5.41) is 6.86. The maximum Gasteiger partial charge on any atom is 0.344 e. The van der Waals surface area contributed by atoms with Crippen molar-refractivity contribution in [3.05, 3.63) is 65.7 Å². The summed E-state index contributed by atoms with van der Waals surface area (Å²) in [6.07, 6.45) is 0.428. The van der Waals surface area contributed by atoms with Crippen LogP contribution in [0.15, 0.2) is 54.6 Å². The van der Waals surface area contributed by atoms with Crippen LogP contribution in [-0.4, -0.2) is 22.1 Å². The van der Waals surface area contributed by atoms with E-state index in [-0.39, 0.29) is 11.0 Å². The molecule has 0 unspecified atom stereocenters. The number of urea groups is 1. The van der Waals surface area contributed by atoms with Gasteiger partial charge in [-0.2, -0.15) is 5.01 Å². The second-order valence-electron chi connectivity index (χ2n) is 6.13. The molecule has 134 valence electrons. The number of anilines is 1. The highest BCUT2D eigenvalue weighted by molar-refractivity contribution is 7.80. The predicted molar refractivity (Wildman–Crippen MR) is 104 cm³/mol. The molecule has 6 nitrogen and oxygen atoms in total. The van der Waals surface area contributed by atoms with Gasteiger partial charge in [0.05, 0.1) is 0 Å². The van der Waals surface area contributed by atoms with Crippen LogP contribution in [0.4, 0.5) is 10.5 Å². The molecule has 1 heterocycles. The second kappa shape index (κ2) is 7.13. The molecule has 1 aliphatic heterocycles. The highest BCUT2D eigenvalue weighted by Crippen LogP contribution is 2.31. The van der Waals surface area contributed by atoms with E-state index in [1.807, 2.05) is 68.4 Å². The molecule has 3 rings (SSSR count). The van der Waals surface area contributed by atoms with Gasteiger partial charge in [0.2, 0.25) is 0 Å². The van der Waals surface area contributed by atoms with E-state index < -0.39 is 11.6 Å². The highest BCUT2D eigenvalue weighted by Gasteiger charge is 2.51. The largest absolute Gasteiger partial charge is 0.344 e. The minimum atomic E-state index is -1.09. The van der Waals surface area contributed by atoms with Crippen molar-refractivity contribution in [3.63, 3.8) is 0 Å². The standard InChI is InChI=1S/C19H20N4O2S/c1-3-19(14-7-5-4-6-8-14)16(24)23(18(25)21-19)22-17(26)20-15-11-9-13(2)10-12-15/h4-12H,3H2,1-2H3,(H,21,25)(H2,20,22,26)/t19-/m0/s1. The van der Waals surface area contributed by atoms with Crippen molar-refractivity contribution in [1.29, 1.82) is 0 Å². The summed E-state index contributed by atoms with van der Waals surface area (Å²) < 4.78 is 0. The van der Waals surface area contributed by atoms with Gasteiger partial charge in [-0.05, 0) is 43.3 Å². The van der Waals surface area contributed by atoms with E-state index in [4.69, 9.17) is 12.2 Å². The zero-order valence-corrected chi connectivity index (χ0v) is 15.4. The number of carbonyl (C=O) groups is 2. The number of nitrogens with one attached hydrogen (secondary N) is 3. The van der Waals surface area contributed by atoms with Gasteiger partial charge in [-0.25, -0.2) is 4.79 Å². The lowest BCUT2D eigenvalue weighted by Crippen LogP contribution is -2.49. The molecule has 2 aromatic rings. The molecule has 1 saturated heterocycles. The Kier molecular flexibility index (Phi) is 4.90. The maximum atomic E-state index is 13.0. The molecule has 0 aromatic heterocycles. The quantitative estimate of drug-likeness (QED) is 0.571. The van der Waals surface area contributed by atoms with Crippen LogP contribution in [0.2, 0.25) is 0 Å². The molecule has 7 heteroatoms. The van der Waals surface area contributed by atoms with Gasteiger partial charge in [-0.15, -0.1) is 0 Å². The van der Waals surface area contributed by atoms with Crippen molar-refractivity contribution in [2.45, 2.75) is 25.8 Å². The van der Waals surface area contributed by atoms with E-state index in [0.29, 0.717) is 6.42 Å². The number of hydrazine groups is 1. The number of thiocarbonyl (C=S) groups is 1. The number of hydrogen-bond acceptors (Lipinski definition) is 3. The smallest absolute Gasteiger partial charge is 0.331 e. The Balaban J connectivity index is 1.76.